The van der Waals surface area contributed by atoms with Gasteiger partial charge < -0.3 is 15.0 Å². The summed E-state index contributed by atoms with van der Waals surface area (Å²) in [6, 6.07) is 4.22. The Morgan fingerprint density at radius 1 is 1.32 bits per heavy atom. The number of nitrogens with zero attached hydrogens (tertiary/aromatic N) is 2. The van der Waals surface area contributed by atoms with Crippen molar-refractivity contribution < 1.29 is 17.9 Å². The first-order valence-corrected chi connectivity index (χ1v) is 9.94. The molecule has 140 valence electrons. The highest BCUT2D eigenvalue weighted by atomic mass is 35.5. The van der Waals surface area contributed by atoms with Crippen molar-refractivity contribution in [3.05, 3.63) is 28.8 Å². The van der Waals surface area contributed by atoms with Crippen LogP contribution in [0.2, 0.25) is 5.02 Å². The van der Waals surface area contributed by atoms with Crippen LogP contribution in [0.15, 0.2) is 23.1 Å². The number of carbonyl (C=O) groups excluding carboxylic acids is 1. The van der Waals surface area contributed by atoms with Crippen molar-refractivity contribution in [2.75, 3.05) is 53.5 Å². The van der Waals surface area contributed by atoms with Gasteiger partial charge in [0.05, 0.1) is 28.7 Å². The van der Waals surface area contributed by atoms with Gasteiger partial charge >= 0.3 is 0 Å². The van der Waals surface area contributed by atoms with E-state index in [1.165, 1.54) is 22.5 Å². The summed E-state index contributed by atoms with van der Waals surface area (Å²) in [5.41, 5.74) is 0.167. The van der Waals surface area contributed by atoms with Crippen LogP contribution in [0.3, 0.4) is 0 Å². The van der Waals surface area contributed by atoms with Crippen LogP contribution in [0, 0.1) is 0 Å². The predicted octanol–water partition coefficient (Wildman–Crippen LogP) is 1.04. The lowest BCUT2D eigenvalue weighted by molar-refractivity contribution is 0.0730. The van der Waals surface area contributed by atoms with E-state index < -0.39 is 10.0 Å². The highest BCUT2D eigenvalue weighted by Crippen LogP contribution is 2.23. The van der Waals surface area contributed by atoms with Gasteiger partial charge in [-0.2, -0.15) is 4.31 Å². The second-order valence-corrected chi connectivity index (χ2v) is 8.42. The van der Waals surface area contributed by atoms with E-state index in [0.29, 0.717) is 32.8 Å². The van der Waals surface area contributed by atoms with Crippen molar-refractivity contribution in [1.82, 2.24) is 14.5 Å². The summed E-state index contributed by atoms with van der Waals surface area (Å²) in [6.07, 6.45) is 0.794. The van der Waals surface area contributed by atoms with Gasteiger partial charge in [0.25, 0.3) is 5.91 Å². The lowest BCUT2D eigenvalue weighted by Gasteiger charge is -2.26. The number of ether oxygens (including phenoxy) is 1. The number of carbonyl (C=O) groups is 1. The monoisotopic (exact) mass is 389 g/mol. The van der Waals surface area contributed by atoms with Gasteiger partial charge in [0.2, 0.25) is 10.0 Å². The minimum atomic E-state index is -3.66. The number of hydrogen-bond donors (Lipinski definition) is 1. The smallest absolute Gasteiger partial charge is 0.252 e. The first-order valence-electron chi connectivity index (χ1n) is 8.13. The van der Waals surface area contributed by atoms with Crippen LogP contribution in [0.5, 0.6) is 0 Å². The van der Waals surface area contributed by atoms with Gasteiger partial charge in [-0.3, -0.25) is 4.79 Å². The molecule has 1 aliphatic rings. The van der Waals surface area contributed by atoms with E-state index in [4.69, 9.17) is 16.3 Å². The van der Waals surface area contributed by atoms with Crippen molar-refractivity contribution in [3.63, 3.8) is 0 Å². The number of morpholine rings is 1. The molecule has 1 fully saturated rings. The molecular formula is C16H24ClN3O4S. The minimum Gasteiger partial charge on any atom is -0.379 e. The van der Waals surface area contributed by atoms with Gasteiger partial charge in [0.15, 0.2) is 0 Å². The van der Waals surface area contributed by atoms with E-state index in [2.05, 4.69) is 5.32 Å². The quantitative estimate of drug-likeness (QED) is 0.705. The van der Waals surface area contributed by atoms with Crippen molar-refractivity contribution >= 4 is 27.5 Å². The number of halogens is 1. The van der Waals surface area contributed by atoms with Crippen LogP contribution in [-0.4, -0.2) is 77.0 Å². The lowest BCUT2D eigenvalue weighted by atomic mass is 10.2. The summed E-state index contributed by atoms with van der Waals surface area (Å²) in [5.74, 6) is -0.372. The molecular weight excluding hydrogens is 366 g/mol. The van der Waals surface area contributed by atoms with Crippen LogP contribution in [0.1, 0.15) is 16.8 Å². The zero-order valence-corrected chi connectivity index (χ0v) is 16.1. The maximum Gasteiger partial charge on any atom is 0.252 e. The summed E-state index contributed by atoms with van der Waals surface area (Å²) in [6.45, 7) is 2.68. The van der Waals surface area contributed by atoms with Crippen LogP contribution < -0.4 is 5.32 Å². The van der Waals surface area contributed by atoms with E-state index in [1.807, 2.05) is 19.0 Å². The molecule has 0 radical (unpaired) electrons. The van der Waals surface area contributed by atoms with E-state index >= 15 is 0 Å². The third kappa shape index (κ3) is 5.39. The molecule has 0 unspecified atom stereocenters. The summed E-state index contributed by atoms with van der Waals surface area (Å²) in [5, 5.41) is 3.00. The number of amides is 1. The third-order valence-electron chi connectivity index (χ3n) is 3.86. The number of rotatable bonds is 7. The molecule has 1 saturated heterocycles. The zero-order chi connectivity index (χ0) is 18.4. The van der Waals surface area contributed by atoms with Gasteiger partial charge in [-0.25, -0.2) is 8.42 Å². The fourth-order valence-corrected chi connectivity index (χ4v) is 4.11. The third-order valence-corrected chi connectivity index (χ3v) is 6.08. The first kappa shape index (κ1) is 20.1. The van der Waals surface area contributed by atoms with Crippen LogP contribution in [0.25, 0.3) is 0 Å². The average Bonchev–Trinajstić information content (AvgIpc) is 2.59. The predicted molar refractivity (Wildman–Crippen MR) is 96.5 cm³/mol. The highest BCUT2D eigenvalue weighted by Gasteiger charge is 2.27. The van der Waals surface area contributed by atoms with Gasteiger partial charge in [0, 0.05) is 19.6 Å². The van der Waals surface area contributed by atoms with E-state index in [9.17, 15) is 13.2 Å². The molecule has 25 heavy (non-hydrogen) atoms. The lowest BCUT2D eigenvalue weighted by Crippen LogP contribution is -2.40. The molecule has 7 nitrogen and oxygen atoms in total. The molecule has 0 atom stereocenters. The van der Waals surface area contributed by atoms with Crippen molar-refractivity contribution in [2.45, 2.75) is 11.3 Å². The standard InChI is InChI=1S/C16H24ClN3O4S/c1-19(2)7-3-6-18-16(21)14-12-13(4-5-15(14)17)25(22,23)20-8-10-24-11-9-20/h4-5,12H,3,6-11H2,1-2H3,(H,18,21). The molecule has 0 aromatic heterocycles. The Morgan fingerprint density at radius 2 is 2.00 bits per heavy atom. The Kier molecular flexibility index (Phi) is 7.21. The normalized spacial score (nSPS) is 16.2. The summed E-state index contributed by atoms with van der Waals surface area (Å²) < 4.78 is 31.9. The SMILES string of the molecule is CN(C)CCCNC(=O)c1cc(S(=O)(=O)N2CCOCC2)ccc1Cl. The maximum atomic E-state index is 12.7. The highest BCUT2D eigenvalue weighted by molar-refractivity contribution is 7.89. The molecule has 1 aromatic rings. The number of benzene rings is 1. The number of nitrogens with one attached hydrogen (secondary N) is 1. The Hall–Kier alpha value is -1.19. The first-order chi connectivity index (χ1) is 11.8. The second-order valence-electron chi connectivity index (χ2n) is 6.07. The van der Waals surface area contributed by atoms with Gasteiger partial charge in [-0.1, -0.05) is 11.6 Å². The van der Waals surface area contributed by atoms with Gasteiger partial charge in [0.1, 0.15) is 0 Å². The Bertz CT molecular complexity index is 703. The van der Waals surface area contributed by atoms with Crippen LogP contribution >= 0.6 is 11.6 Å². The second kappa shape index (κ2) is 8.95. The topological polar surface area (TPSA) is 79.0 Å². The number of hydrogen-bond acceptors (Lipinski definition) is 5. The molecule has 1 aromatic carbocycles. The van der Waals surface area contributed by atoms with E-state index in [0.717, 1.165) is 13.0 Å². The van der Waals surface area contributed by atoms with E-state index in [1.54, 1.807) is 0 Å². The molecule has 1 amide bonds. The molecule has 1 N–H and O–H groups in total. The van der Waals surface area contributed by atoms with Crippen molar-refractivity contribution in [1.29, 1.82) is 0 Å². The van der Waals surface area contributed by atoms with Crippen molar-refractivity contribution in [2.24, 2.45) is 0 Å². The molecule has 0 bridgehead atoms. The van der Waals surface area contributed by atoms with Crippen molar-refractivity contribution in [3.8, 4) is 0 Å². The average molecular weight is 390 g/mol. The molecule has 1 heterocycles. The Balaban J connectivity index is 2.12. The molecule has 0 aliphatic carbocycles. The summed E-state index contributed by atoms with van der Waals surface area (Å²) in [7, 11) is 0.251. The Labute approximate surface area is 153 Å². The maximum absolute atomic E-state index is 12.7. The van der Waals surface area contributed by atoms with Crippen LogP contribution in [0.4, 0.5) is 0 Å². The zero-order valence-electron chi connectivity index (χ0n) is 14.5. The fraction of sp³-hybridized carbons (Fsp3) is 0.562. The largest absolute Gasteiger partial charge is 0.379 e. The van der Waals surface area contributed by atoms with Gasteiger partial charge in [-0.15, -0.1) is 0 Å². The summed E-state index contributed by atoms with van der Waals surface area (Å²) in [4.78, 5) is 14.4. The Morgan fingerprint density at radius 3 is 2.64 bits per heavy atom. The van der Waals surface area contributed by atoms with Crippen LogP contribution in [-0.2, 0) is 14.8 Å². The molecule has 2 rings (SSSR count). The molecule has 0 spiro atoms. The van der Waals surface area contributed by atoms with E-state index in [-0.39, 0.29) is 21.4 Å². The molecule has 9 heteroatoms. The fourth-order valence-electron chi connectivity index (χ4n) is 2.47. The number of sulfonamides is 1. The molecule has 0 saturated carbocycles. The van der Waals surface area contributed by atoms with Gasteiger partial charge in [-0.05, 0) is 45.3 Å². The summed E-state index contributed by atoms with van der Waals surface area (Å²) >= 11 is 6.09. The molecule has 1 aliphatic heterocycles. The minimum absolute atomic E-state index is 0.0669.